The Labute approximate surface area is 111 Å². The summed E-state index contributed by atoms with van der Waals surface area (Å²) in [6.45, 7) is 1.17. The first-order chi connectivity index (χ1) is 9.17. The Hall–Kier alpha value is -1.76. The van der Waals surface area contributed by atoms with E-state index in [-0.39, 0.29) is 13.2 Å². The number of hydrogen-bond donors (Lipinski definition) is 4. The van der Waals surface area contributed by atoms with Crippen LogP contribution in [0.3, 0.4) is 0 Å². The number of benzene rings is 1. The highest BCUT2D eigenvalue weighted by atomic mass is 16.5. The third-order valence-electron chi connectivity index (χ3n) is 3.18. The van der Waals surface area contributed by atoms with Gasteiger partial charge in [-0.1, -0.05) is 0 Å². The van der Waals surface area contributed by atoms with E-state index in [0.717, 1.165) is 21.9 Å². The van der Waals surface area contributed by atoms with Crippen molar-refractivity contribution in [3.63, 3.8) is 0 Å². The van der Waals surface area contributed by atoms with Gasteiger partial charge in [0.25, 0.3) is 0 Å². The number of nitrogen functional groups attached to an aromatic ring is 1. The second kappa shape index (κ2) is 5.92. The van der Waals surface area contributed by atoms with Crippen molar-refractivity contribution >= 4 is 17.5 Å². The molecule has 6 heteroatoms. The van der Waals surface area contributed by atoms with Gasteiger partial charge in [0.1, 0.15) is 0 Å². The van der Waals surface area contributed by atoms with Crippen LogP contribution >= 0.6 is 0 Å². The molecule has 6 nitrogen and oxygen atoms in total. The van der Waals surface area contributed by atoms with Crippen molar-refractivity contribution in [2.24, 2.45) is 0 Å². The minimum Gasteiger partial charge on any atom is -0.398 e. The average Bonchev–Trinajstić information content (AvgIpc) is 2.39. The van der Waals surface area contributed by atoms with Crippen LogP contribution in [-0.4, -0.2) is 46.8 Å². The van der Waals surface area contributed by atoms with Crippen molar-refractivity contribution in [2.45, 2.75) is 6.54 Å². The second-order valence-corrected chi connectivity index (χ2v) is 4.41. The van der Waals surface area contributed by atoms with Crippen LogP contribution < -0.4 is 10.6 Å². The Morgan fingerprint density at radius 2 is 1.89 bits per heavy atom. The largest absolute Gasteiger partial charge is 0.398 e. The molecule has 0 amide bonds. The van der Waals surface area contributed by atoms with Gasteiger partial charge in [0.15, 0.2) is 0 Å². The molecule has 5 N–H and O–H groups in total. The zero-order valence-electron chi connectivity index (χ0n) is 10.7. The highest BCUT2D eigenvalue weighted by Crippen LogP contribution is 2.32. The minimum absolute atomic E-state index is 0.00215. The number of rotatable bonds is 5. The first-order valence-corrected chi connectivity index (χ1v) is 6.19. The summed E-state index contributed by atoms with van der Waals surface area (Å²) in [4.78, 5) is 1.88. The lowest BCUT2D eigenvalue weighted by Crippen LogP contribution is -2.32. The molecule has 1 aromatic rings. The van der Waals surface area contributed by atoms with Crippen LogP contribution in [0.15, 0.2) is 18.3 Å². The molecule has 0 radical (unpaired) electrons. The zero-order valence-corrected chi connectivity index (χ0v) is 10.7. The van der Waals surface area contributed by atoms with E-state index in [2.05, 4.69) is 0 Å². The molecule has 2 rings (SSSR count). The fourth-order valence-corrected chi connectivity index (χ4v) is 2.30. The number of nitrogens with zero attached hydrogens (tertiary/aromatic N) is 2. The van der Waals surface area contributed by atoms with Gasteiger partial charge >= 0.3 is 0 Å². The molecule has 0 aliphatic carbocycles. The van der Waals surface area contributed by atoms with Crippen molar-refractivity contribution in [3.05, 3.63) is 29.5 Å². The molecule has 1 aliphatic heterocycles. The number of hydrogen-bond acceptors (Lipinski definition) is 6. The van der Waals surface area contributed by atoms with Gasteiger partial charge in [-0.05, 0) is 18.2 Å². The number of aliphatic hydroxyl groups excluding tert-OH is 2. The summed E-state index contributed by atoms with van der Waals surface area (Å²) in [5, 5.41) is 28.9. The summed E-state index contributed by atoms with van der Waals surface area (Å²) in [7, 11) is 0. The molecule has 0 aromatic heterocycles. The van der Waals surface area contributed by atoms with Crippen molar-refractivity contribution in [1.29, 1.82) is 0 Å². The number of nitrogens with two attached hydrogens (primary N) is 1. The minimum atomic E-state index is -0.00215. The molecule has 0 atom stereocenters. The summed E-state index contributed by atoms with van der Waals surface area (Å²) in [5.74, 6) is 0. The fraction of sp³-hybridized carbons (Fsp3) is 0.385. The molecule has 0 spiro atoms. The summed E-state index contributed by atoms with van der Waals surface area (Å²) in [5.41, 5.74) is 9.23. The standard InChI is InChI=1S/C13H19N3O3/c14-12-1-2-13(15(5-7-17)6-8-18)11-9-16(19)4-3-10(11)12/h1-4,17-19H,5-9,14H2. The Morgan fingerprint density at radius 3 is 2.53 bits per heavy atom. The van der Waals surface area contributed by atoms with Crippen molar-refractivity contribution in [2.75, 3.05) is 36.9 Å². The topological polar surface area (TPSA) is 93.2 Å². The van der Waals surface area contributed by atoms with Gasteiger partial charge in [0.05, 0.1) is 19.8 Å². The molecule has 0 saturated carbocycles. The van der Waals surface area contributed by atoms with E-state index in [4.69, 9.17) is 15.9 Å². The zero-order chi connectivity index (χ0) is 13.8. The Kier molecular flexibility index (Phi) is 4.26. The Bertz CT molecular complexity index is 470. The normalized spacial score (nSPS) is 13.5. The molecule has 19 heavy (non-hydrogen) atoms. The van der Waals surface area contributed by atoms with E-state index >= 15 is 0 Å². The van der Waals surface area contributed by atoms with Crippen molar-refractivity contribution < 1.29 is 15.4 Å². The van der Waals surface area contributed by atoms with Crippen LogP contribution in [0.5, 0.6) is 0 Å². The van der Waals surface area contributed by atoms with Crippen LogP contribution in [0, 0.1) is 0 Å². The van der Waals surface area contributed by atoms with Gasteiger partial charge in [0, 0.05) is 41.8 Å². The van der Waals surface area contributed by atoms with Gasteiger partial charge in [-0.15, -0.1) is 0 Å². The van der Waals surface area contributed by atoms with Gasteiger partial charge in [0.2, 0.25) is 0 Å². The summed E-state index contributed by atoms with van der Waals surface area (Å²) >= 11 is 0. The van der Waals surface area contributed by atoms with E-state index in [1.165, 1.54) is 0 Å². The predicted octanol–water partition coefficient (Wildman–Crippen LogP) is 0.235. The van der Waals surface area contributed by atoms with Gasteiger partial charge in [-0.3, -0.25) is 10.3 Å². The van der Waals surface area contributed by atoms with Crippen LogP contribution in [0.4, 0.5) is 11.4 Å². The Morgan fingerprint density at radius 1 is 1.21 bits per heavy atom. The smallest absolute Gasteiger partial charge is 0.0723 e. The van der Waals surface area contributed by atoms with Crippen LogP contribution in [0.25, 0.3) is 6.08 Å². The average molecular weight is 265 g/mol. The van der Waals surface area contributed by atoms with Gasteiger partial charge in [-0.25, -0.2) is 0 Å². The van der Waals surface area contributed by atoms with E-state index in [9.17, 15) is 5.21 Å². The van der Waals surface area contributed by atoms with Crippen molar-refractivity contribution in [1.82, 2.24) is 5.06 Å². The molecule has 104 valence electrons. The lowest BCUT2D eigenvalue weighted by atomic mass is 10.00. The van der Waals surface area contributed by atoms with Crippen LogP contribution in [-0.2, 0) is 6.54 Å². The molecule has 1 aromatic carbocycles. The number of fused-ring (bicyclic) bond motifs is 1. The Balaban J connectivity index is 2.43. The van der Waals surface area contributed by atoms with E-state index < -0.39 is 0 Å². The lowest BCUT2D eigenvalue weighted by molar-refractivity contribution is -0.0493. The number of anilines is 2. The highest BCUT2D eigenvalue weighted by molar-refractivity contribution is 5.76. The van der Waals surface area contributed by atoms with Crippen LogP contribution in [0.2, 0.25) is 0 Å². The molecule has 1 aliphatic rings. The summed E-state index contributed by atoms with van der Waals surface area (Å²) in [6.07, 6.45) is 3.32. The summed E-state index contributed by atoms with van der Waals surface area (Å²) in [6, 6.07) is 3.65. The molecule has 0 saturated heterocycles. The quantitative estimate of drug-likeness (QED) is 0.570. The summed E-state index contributed by atoms with van der Waals surface area (Å²) < 4.78 is 0. The van der Waals surface area contributed by atoms with Gasteiger partial charge in [-0.2, -0.15) is 0 Å². The fourth-order valence-electron chi connectivity index (χ4n) is 2.30. The maximum absolute atomic E-state index is 9.60. The second-order valence-electron chi connectivity index (χ2n) is 4.41. The maximum Gasteiger partial charge on any atom is 0.0723 e. The SMILES string of the molecule is Nc1ccc(N(CCO)CCO)c2c1C=CN(O)C2. The van der Waals surface area contributed by atoms with E-state index in [1.807, 2.05) is 11.0 Å². The first kappa shape index (κ1) is 13.7. The maximum atomic E-state index is 9.60. The van der Waals surface area contributed by atoms with Crippen LogP contribution in [0.1, 0.15) is 11.1 Å². The van der Waals surface area contributed by atoms with Gasteiger partial charge < -0.3 is 20.8 Å². The monoisotopic (exact) mass is 265 g/mol. The third-order valence-corrected chi connectivity index (χ3v) is 3.18. The molecule has 0 unspecified atom stereocenters. The number of hydroxylamine groups is 2. The molecular formula is C13H19N3O3. The van der Waals surface area contributed by atoms with E-state index in [1.54, 1.807) is 18.3 Å². The lowest BCUT2D eigenvalue weighted by Gasteiger charge is -2.30. The molecule has 0 bridgehead atoms. The first-order valence-electron chi connectivity index (χ1n) is 6.19. The molecular weight excluding hydrogens is 246 g/mol. The third kappa shape index (κ3) is 2.81. The molecule has 0 fully saturated rings. The number of aliphatic hydroxyl groups is 2. The molecule has 1 heterocycles. The van der Waals surface area contributed by atoms with Crippen molar-refractivity contribution in [3.8, 4) is 0 Å². The highest BCUT2D eigenvalue weighted by Gasteiger charge is 2.19. The predicted molar refractivity (Wildman–Crippen MR) is 73.6 cm³/mol. The van der Waals surface area contributed by atoms with E-state index in [0.29, 0.717) is 25.3 Å².